The van der Waals surface area contributed by atoms with Crippen LogP contribution in [0.15, 0.2) is 116 Å². The molecular formula is C37H36N6. The fraction of sp³-hybridized carbons (Fsp3) is 0.216. The SMILES string of the molecule is c1ccc(-c2cccc3[nH]c(CN(Cc4ccc(CNCc5ccccn5)cc4)C4CCCc5cccnc54)nc23)cc1. The summed E-state index contributed by atoms with van der Waals surface area (Å²) in [5, 5.41) is 3.51. The van der Waals surface area contributed by atoms with Crippen molar-refractivity contribution in [2.45, 2.75) is 51.5 Å². The zero-order valence-electron chi connectivity index (χ0n) is 24.3. The van der Waals surface area contributed by atoms with Gasteiger partial charge in [-0.15, -0.1) is 0 Å². The van der Waals surface area contributed by atoms with Crippen molar-refractivity contribution in [3.63, 3.8) is 0 Å². The maximum atomic E-state index is 5.16. The number of rotatable bonds is 10. The molecule has 6 aromatic rings. The number of para-hydroxylation sites is 1. The number of aromatic nitrogens is 4. The summed E-state index contributed by atoms with van der Waals surface area (Å²) in [6.07, 6.45) is 7.13. The molecule has 1 aliphatic rings. The predicted molar refractivity (Wildman–Crippen MR) is 172 cm³/mol. The van der Waals surface area contributed by atoms with E-state index in [0.29, 0.717) is 0 Å². The molecule has 6 nitrogen and oxygen atoms in total. The van der Waals surface area contributed by atoms with Crippen LogP contribution in [0.2, 0.25) is 0 Å². The van der Waals surface area contributed by atoms with Gasteiger partial charge >= 0.3 is 0 Å². The molecular weight excluding hydrogens is 528 g/mol. The summed E-state index contributed by atoms with van der Waals surface area (Å²) in [6, 6.07) is 36.5. The van der Waals surface area contributed by atoms with Gasteiger partial charge in [-0.2, -0.15) is 0 Å². The quantitative estimate of drug-likeness (QED) is 0.182. The van der Waals surface area contributed by atoms with Crippen molar-refractivity contribution in [1.82, 2.24) is 30.2 Å². The second-order valence-electron chi connectivity index (χ2n) is 11.4. The van der Waals surface area contributed by atoms with Gasteiger partial charge in [0.05, 0.1) is 35.0 Å². The second-order valence-corrected chi connectivity index (χ2v) is 11.4. The Morgan fingerprint density at radius 1 is 0.744 bits per heavy atom. The summed E-state index contributed by atoms with van der Waals surface area (Å²) < 4.78 is 0. The van der Waals surface area contributed by atoms with Crippen LogP contribution in [0, 0.1) is 0 Å². The Morgan fingerprint density at radius 3 is 2.44 bits per heavy atom. The Morgan fingerprint density at radius 2 is 1.58 bits per heavy atom. The fourth-order valence-corrected chi connectivity index (χ4v) is 6.25. The first-order valence-corrected chi connectivity index (χ1v) is 15.2. The van der Waals surface area contributed by atoms with Gasteiger partial charge in [0.15, 0.2) is 0 Å². The molecule has 0 aliphatic heterocycles. The molecule has 1 atom stereocenters. The Labute approximate surface area is 252 Å². The van der Waals surface area contributed by atoms with Crippen LogP contribution in [0.25, 0.3) is 22.2 Å². The maximum absolute atomic E-state index is 5.16. The van der Waals surface area contributed by atoms with Crippen LogP contribution in [-0.2, 0) is 32.6 Å². The van der Waals surface area contributed by atoms with Gasteiger partial charge in [0.1, 0.15) is 5.82 Å². The van der Waals surface area contributed by atoms with E-state index in [0.717, 1.165) is 67.1 Å². The lowest BCUT2D eigenvalue weighted by atomic mass is 9.90. The molecule has 2 N–H and O–H groups in total. The first-order chi connectivity index (χ1) is 21.3. The van der Waals surface area contributed by atoms with Gasteiger partial charge in [0.2, 0.25) is 0 Å². The molecule has 7 rings (SSSR count). The minimum absolute atomic E-state index is 0.242. The summed E-state index contributed by atoms with van der Waals surface area (Å²) in [7, 11) is 0. The minimum Gasteiger partial charge on any atom is -0.341 e. The number of benzene rings is 3. The number of imidazole rings is 1. The predicted octanol–water partition coefficient (Wildman–Crippen LogP) is 7.39. The van der Waals surface area contributed by atoms with Crippen molar-refractivity contribution in [3.8, 4) is 11.1 Å². The Balaban J connectivity index is 1.13. The third-order valence-electron chi connectivity index (χ3n) is 8.38. The maximum Gasteiger partial charge on any atom is 0.121 e. The van der Waals surface area contributed by atoms with Crippen LogP contribution < -0.4 is 5.32 Å². The van der Waals surface area contributed by atoms with Crippen molar-refractivity contribution >= 4 is 11.0 Å². The van der Waals surface area contributed by atoms with Crippen LogP contribution in [-0.4, -0.2) is 24.8 Å². The molecule has 3 aromatic carbocycles. The van der Waals surface area contributed by atoms with E-state index in [-0.39, 0.29) is 6.04 Å². The average molecular weight is 565 g/mol. The topological polar surface area (TPSA) is 69.7 Å². The lowest BCUT2D eigenvalue weighted by molar-refractivity contribution is 0.153. The fourth-order valence-electron chi connectivity index (χ4n) is 6.25. The minimum atomic E-state index is 0.242. The van der Waals surface area contributed by atoms with Crippen LogP contribution in [0.3, 0.4) is 0 Å². The lowest BCUT2D eigenvalue weighted by Crippen LogP contribution is -2.31. The molecule has 0 radical (unpaired) electrons. The molecule has 43 heavy (non-hydrogen) atoms. The monoisotopic (exact) mass is 564 g/mol. The van der Waals surface area contributed by atoms with Crippen molar-refractivity contribution in [2.24, 2.45) is 0 Å². The van der Waals surface area contributed by atoms with Gasteiger partial charge in [0, 0.05) is 37.6 Å². The molecule has 0 fully saturated rings. The first-order valence-electron chi connectivity index (χ1n) is 15.2. The molecule has 3 aromatic heterocycles. The molecule has 3 heterocycles. The lowest BCUT2D eigenvalue weighted by Gasteiger charge is -2.34. The summed E-state index contributed by atoms with van der Waals surface area (Å²) >= 11 is 0. The summed E-state index contributed by atoms with van der Waals surface area (Å²) in [5.74, 6) is 0.983. The van der Waals surface area contributed by atoms with E-state index in [2.05, 4.69) is 105 Å². The van der Waals surface area contributed by atoms with Crippen molar-refractivity contribution < 1.29 is 0 Å². The summed E-state index contributed by atoms with van der Waals surface area (Å²) in [4.78, 5) is 20.7. The third kappa shape index (κ3) is 6.26. The van der Waals surface area contributed by atoms with Crippen LogP contribution >= 0.6 is 0 Å². The van der Waals surface area contributed by atoms with E-state index in [1.165, 1.54) is 34.4 Å². The van der Waals surface area contributed by atoms with Crippen LogP contribution in [0.5, 0.6) is 0 Å². The van der Waals surface area contributed by atoms with Gasteiger partial charge < -0.3 is 10.3 Å². The molecule has 0 bridgehead atoms. The Bertz CT molecular complexity index is 1780. The van der Waals surface area contributed by atoms with Crippen molar-refractivity contribution in [3.05, 3.63) is 149 Å². The van der Waals surface area contributed by atoms with E-state index in [1.807, 2.05) is 30.6 Å². The van der Waals surface area contributed by atoms with Gasteiger partial charge in [-0.25, -0.2) is 4.98 Å². The Kier molecular flexibility index (Phi) is 8.03. The van der Waals surface area contributed by atoms with Gasteiger partial charge in [-0.05, 0) is 65.8 Å². The van der Waals surface area contributed by atoms with E-state index >= 15 is 0 Å². The molecule has 1 unspecified atom stereocenters. The van der Waals surface area contributed by atoms with Crippen LogP contribution in [0.1, 0.15) is 52.8 Å². The first kappa shape index (κ1) is 27.2. The highest BCUT2D eigenvalue weighted by Crippen LogP contribution is 2.35. The standard InChI is InChI=1S/C37H36N6/c1-2-9-29(10-3-1)32-14-7-15-33-37(32)42-35(41-33)26-43(34-16-6-11-30-12-8-22-40-36(30)34)25-28-19-17-27(18-20-28)23-38-24-31-13-4-5-21-39-31/h1-5,7-10,12-15,17-22,34,38H,6,11,16,23-26H2,(H,41,42). The molecule has 1 aliphatic carbocycles. The van der Waals surface area contributed by atoms with E-state index in [9.17, 15) is 0 Å². The molecule has 0 spiro atoms. The smallest absolute Gasteiger partial charge is 0.121 e. The number of hydrogen-bond acceptors (Lipinski definition) is 5. The van der Waals surface area contributed by atoms with Gasteiger partial charge in [-0.1, -0.05) is 78.9 Å². The van der Waals surface area contributed by atoms with Crippen molar-refractivity contribution in [2.75, 3.05) is 0 Å². The van der Waals surface area contributed by atoms with Gasteiger partial charge in [-0.3, -0.25) is 14.9 Å². The van der Waals surface area contributed by atoms with E-state index in [4.69, 9.17) is 9.97 Å². The summed E-state index contributed by atoms with van der Waals surface area (Å²) in [6.45, 7) is 3.11. The number of nitrogens with one attached hydrogen (secondary N) is 2. The second kappa shape index (κ2) is 12.7. The molecule has 0 saturated carbocycles. The molecule has 214 valence electrons. The average Bonchev–Trinajstić information content (AvgIpc) is 3.49. The van der Waals surface area contributed by atoms with Gasteiger partial charge in [0.25, 0.3) is 0 Å². The number of hydrogen-bond donors (Lipinski definition) is 2. The highest BCUT2D eigenvalue weighted by Gasteiger charge is 2.28. The molecule has 6 heteroatoms. The highest BCUT2D eigenvalue weighted by atomic mass is 15.2. The normalized spacial score (nSPS) is 14.7. The highest BCUT2D eigenvalue weighted by molar-refractivity contribution is 5.91. The van der Waals surface area contributed by atoms with Crippen LogP contribution in [0.4, 0.5) is 0 Å². The Hall–Kier alpha value is -4.65. The number of pyridine rings is 2. The number of nitrogens with zero attached hydrogens (tertiary/aromatic N) is 4. The van der Waals surface area contributed by atoms with E-state index < -0.39 is 0 Å². The number of aryl methyl sites for hydroxylation is 1. The zero-order chi connectivity index (χ0) is 28.8. The largest absolute Gasteiger partial charge is 0.341 e. The number of aromatic amines is 1. The molecule has 0 saturated heterocycles. The third-order valence-corrected chi connectivity index (χ3v) is 8.38. The summed E-state index contributed by atoms with van der Waals surface area (Å²) in [5.41, 5.74) is 10.6. The molecule has 0 amide bonds. The number of H-pyrrole nitrogens is 1. The number of fused-ring (bicyclic) bond motifs is 2. The zero-order valence-corrected chi connectivity index (χ0v) is 24.3. The van der Waals surface area contributed by atoms with E-state index in [1.54, 1.807) is 0 Å². The van der Waals surface area contributed by atoms with Crippen molar-refractivity contribution in [1.29, 1.82) is 0 Å².